The molecule has 184 valence electrons. The van der Waals surface area contributed by atoms with Crippen LogP contribution < -0.4 is 16.4 Å². The zero-order chi connectivity index (χ0) is 24.2. The molecule has 1 spiro atoms. The molecule has 33 heavy (non-hydrogen) atoms. The first-order valence-electron chi connectivity index (χ1n) is 11.6. The molecule has 1 aliphatic heterocycles. The highest BCUT2D eigenvalue weighted by Crippen LogP contribution is 2.44. The van der Waals surface area contributed by atoms with Gasteiger partial charge in [-0.1, -0.05) is 56.3 Å². The molecule has 1 aliphatic carbocycles. The van der Waals surface area contributed by atoms with Gasteiger partial charge in [0.15, 0.2) is 0 Å². The molecule has 0 bridgehead atoms. The van der Waals surface area contributed by atoms with E-state index >= 15 is 0 Å². The highest BCUT2D eigenvalue weighted by Gasteiger charge is 2.43. The van der Waals surface area contributed by atoms with Gasteiger partial charge in [0.25, 0.3) is 0 Å². The number of unbranched alkanes of at least 4 members (excludes halogenated alkanes) is 2. The van der Waals surface area contributed by atoms with Gasteiger partial charge in [-0.05, 0) is 50.7 Å². The van der Waals surface area contributed by atoms with Crippen molar-refractivity contribution < 1.29 is 8.42 Å². The van der Waals surface area contributed by atoms with E-state index in [4.69, 9.17) is 34.7 Å². The van der Waals surface area contributed by atoms with Crippen molar-refractivity contribution in [2.45, 2.75) is 82.2 Å². The molecule has 1 fully saturated rings. The van der Waals surface area contributed by atoms with Crippen LogP contribution in [0.25, 0.3) is 0 Å². The fourth-order valence-corrected chi connectivity index (χ4v) is 6.87. The number of halogens is 2. The molecule has 2 aliphatic rings. The Labute approximate surface area is 207 Å². The Morgan fingerprint density at radius 2 is 1.64 bits per heavy atom. The molecule has 1 heterocycles. The second-order valence-corrected chi connectivity index (χ2v) is 11.4. The minimum atomic E-state index is -3.81. The maximum atomic E-state index is 13.5. The van der Waals surface area contributed by atoms with Crippen LogP contribution in [0.15, 0.2) is 27.0 Å². The summed E-state index contributed by atoms with van der Waals surface area (Å²) in [5, 5.41) is 0.316. The molecule has 1 aromatic rings. The Hall–Kier alpha value is -1.55. The first-order chi connectivity index (χ1) is 15.7. The third kappa shape index (κ3) is 5.42. The SMILES string of the molecule is CCCCN(CCCC)S(=O)(=O)c1cc(Cl)c(N2C(N)=NC(N)=NC23CCCCC3)cc1Cl. The largest absolute Gasteiger partial charge is 0.369 e. The minimum absolute atomic E-state index is 0.00153. The molecule has 0 radical (unpaired) electrons. The lowest BCUT2D eigenvalue weighted by Crippen LogP contribution is -2.58. The number of benzene rings is 1. The normalized spacial score (nSPS) is 18.5. The van der Waals surface area contributed by atoms with Crippen molar-refractivity contribution >= 4 is 50.8 Å². The molecule has 0 aromatic heterocycles. The number of guanidine groups is 2. The van der Waals surface area contributed by atoms with Gasteiger partial charge in [0.05, 0.1) is 15.7 Å². The lowest BCUT2D eigenvalue weighted by molar-refractivity contribution is 0.305. The summed E-state index contributed by atoms with van der Waals surface area (Å²) < 4.78 is 28.5. The van der Waals surface area contributed by atoms with Gasteiger partial charge in [-0.3, -0.25) is 4.90 Å². The number of nitrogens with two attached hydrogens (primary N) is 2. The van der Waals surface area contributed by atoms with Crippen LogP contribution in [0, 0.1) is 0 Å². The van der Waals surface area contributed by atoms with Crippen molar-refractivity contribution in [1.82, 2.24) is 4.31 Å². The summed E-state index contributed by atoms with van der Waals surface area (Å²) in [6, 6.07) is 2.98. The van der Waals surface area contributed by atoms with E-state index in [1.165, 1.54) is 10.4 Å². The second-order valence-electron chi connectivity index (χ2n) is 8.66. The number of hydrogen-bond donors (Lipinski definition) is 2. The quantitative estimate of drug-likeness (QED) is 0.493. The first-order valence-corrected chi connectivity index (χ1v) is 13.8. The summed E-state index contributed by atoms with van der Waals surface area (Å²) in [4.78, 5) is 10.6. The highest BCUT2D eigenvalue weighted by molar-refractivity contribution is 7.89. The summed E-state index contributed by atoms with van der Waals surface area (Å²) in [7, 11) is -3.81. The number of aliphatic imine (C=N–C) groups is 2. The molecular weight excluding hydrogens is 483 g/mol. The van der Waals surface area contributed by atoms with Crippen LogP contribution in [0.3, 0.4) is 0 Å². The van der Waals surface area contributed by atoms with Crippen LogP contribution in [0.5, 0.6) is 0 Å². The van der Waals surface area contributed by atoms with Crippen LogP contribution >= 0.6 is 23.2 Å². The van der Waals surface area contributed by atoms with E-state index in [2.05, 4.69) is 9.98 Å². The Balaban J connectivity index is 2.04. The maximum Gasteiger partial charge on any atom is 0.244 e. The lowest BCUT2D eigenvalue weighted by atomic mass is 9.87. The summed E-state index contributed by atoms with van der Waals surface area (Å²) in [6.07, 6.45) is 7.82. The van der Waals surface area contributed by atoms with E-state index in [1.807, 2.05) is 13.8 Å². The number of rotatable bonds is 9. The van der Waals surface area contributed by atoms with Gasteiger partial charge in [-0.25, -0.2) is 13.4 Å². The van der Waals surface area contributed by atoms with Gasteiger partial charge < -0.3 is 11.5 Å². The van der Waals surface area contributed by atoms with Gasteiger partial charge in [0.2, 0.25) is 21.9 Å². The van der Waals surface area contributed by atoms with Gasteiger partial charge in [-0.2, -0.15) is 9.30 Å². The van der Waals surface area contributed by atoms with Crippen LogP contribution in [0.2, 0.25) is 10.0 Å². The van der Waals surface area contributed by atoms with E-state index in [0.29, 0.717) is 18.8 Å². The summed E-state index contributed by atoms with van der Waals surface area (Å²) >= 11 is 13.3. The average Bonchev–Trinajstić information content (AvgIpc) is 2.75. The molecule has 1 saturated carbocycles. The fourth-order valence-electron chi connectivity index (χ4n) is 4.52. The van der Waals surface area contributed by atoms with E-state index in [1.54, 1.807) is 11.0 Å². The van der Waals surface area contributed by atoms with Crippen LogP contribution in [0.1, 0.15) is 71.6 Å². The summed E-state index contributed by atoms with van der Waals surface area (Å²) in [5.74, 6) is 0.306. The van der Waals surface area contributed by atoms with Gasteiger partial charge in [-0.15, -0.1) is 0 Å². The van der Waals surface area contributed by atoms with Gasteiger partial charge in [0, 0.05) is 13.1 Å². The van der Waals surface area contributed by atoms with Gasteiger partial charge >= 0.3 is 0 Å². The Bertz CT molecular complexity index is 1010. The van der Waals surface area contributed by atoms with E-state index in [9.17, 15) is 8.42 Å². The average molecular weight is 518 g/mol. The molecule has 1 aromatic carbocycles. The zero-order valence-electron chi connectivity index (χ0n) is 19.4. The number of hydrogen-bond acceptors (Lipinski definition) is 7. The maximum absolute atomic E-state index is 13.5. The molecule has 0 amide bonds. The van der Waals surface area contributed by atoms with Crippen molar-refractivity contribution in [3.63, 3.8) is 0 Å². The fraction of sp³-hybridized carbons (Fsp3) is 0.636. The minimum Gasteiger partial charge on any atom is -0.369 e. The highest BCUT2D eigenvalue weighted by atomic mass is 35.5. The topological polar surface area (TPSA) is 117 Å². The third-order valence-electron chi connectivity index (χ3n) is 6.23. The van der Waals surface area contributed by atoms with Crippen molar-refractivity contribution in [3.8, 4) is 0 Å². The van der Waals surface area contributed by atoms with E-state index < -0.39 is 15.7 Å². The number of nitrogens with zero attached hydrogens (tertiary/aromatic N) is 4. The predicted octanol–water partition coefficient (Wildman–Crippen LogP) is 4.69. The number of sulfonamides is 1. The zero-order valence-corrected chi connectivity index (χ0v) is 21.7. The molecule has 11 heteroatoms. The Morgan fingerprint density at radius 1 is 1.03 bits per heavy atom. The van der Waals surface area contributed by atoms with Crippen LogP contribution in [-0.4, -0.2) is 43.4 Å². The van der Waals surface area contributed by atoms with Crippen LogP contribution in [-0.2, 0) is 10.0 Å². The van der Waals surface area contributed by atoms with Crippen molar-refractivity contribution in [1.29, 1.82) is 0 Å². The van der Waals surface area contributed by atoms with E-state index in [0.717, 1.165) is 57.8 Å². The summed E-state index contributed by atoms with van der Waals surface area (Å²) in [6.45, 7) is 4.95. The lowest BCUT2D eigenvalue weighted by Gasteiger charge is -2.46. The summed E-state index contributed by atoms with van der Waals surface area (Å²) in [5.41, 5.74) is 12.0. The van der Waals surface area contributed by atoms with Crippen molar-refractivity contribution in [2.24, 2.45) is 21.5 Å². The molecule has 3 rings (SSSR count). The Kier molecular flexibility index (Phi) is 8.53. The molecular formula is C22H34Cl2N6O2S. The molecule has 0 atom stereocenters. The molecule has 8 nitrogen and oxygen atoms in total. The van der Waals surface area contributed by atoms with Gasteiger partial charge in [0.1, 0.15) is 10.6 Å². The molecule has 4 N–H and O–H groups in total. The number of anilines is 1. The molecule has 0 unspecified atom stereocenters. The standard InChI is InChI=1S/C22H34Cl2N6O2S/c1-3-5-12-29(13-6-4-2)33(31,32)19-15-16(23)18(14-17(19)24)30-21(26)27-20(25)28-22(30)10-8-7-9-11-22/h14-15H,3-13H2,1-2H3,(H4,25,26,27,28). The second kappa shape index (κ2) is 10.8. The molecule has 0 saturated heterocycles. The van der Waals surface area contributed by atoms with Crippen molar-refractivity contribution in [3.05, 3.63) is 22.2 Å². The van der Waals surface area contributed by atoms with Crippen LogP contribution in [0.4, 0.5) is 5.69 Å². The first kappa shape index (κ1) is 26.1. The Morgan fingerprint density at radius 3 is 2.21 bits per heavy atom. The van der Waals surface area contributed by atoms with Crippen molar-refractivity contribution in [2.75, 3.05) is 18.0 Å². The monoisotopic (exact) mass is 516 g/mol. The third-order valence-corrected chi connectivity index (χ3v) is 8.90. The van der Waals surface area contributed by atoms with E-state index in [-0.39, 0.29) is 26.9 Å². The smallest absolute Gasteiger partial charge is 0.244 e. The predicted molar refractivity (Wildman–Crippen MR) is 137 cm³/mol.